The molecular weight excluding hydrogens is 350 g/mol. The van der Waals surface area contributed by atoms with Crippen molar-refractivity contribution in [1.29, 1.82) is 5.26 Å². The fourth-order valence-electron chi connectivity index (χ4n) is 7.99. The molecule has 152 valence electrons. The minimum absolute atomic E-state index is 0.215. The van der Waals surface area contributed by atoms with E-state index in [4.69, 9.17) is 11.2 Å². The Hall–Kier alpha value is -1.52. The number of carbonyl (C=O) groups excluding carboxylic acids is 1. The summed E-state index contributed by atoms with van der Waals surface area (Å²) in [5.74, 6) is 4.39. The Morgan fingerprint density at radius 3 is 2.46 bits per heavy atom. The van der Waals surface area contributed by atoms with E-state index >= 15 is 0 Å². The van der Waals surface area contributed by atoms with Crippen molar-refractivity contribution in [3.8, 4) is 18.4 Å². The van der Waals surface area contributed by atoms with Crippen LogP contribution < -0.4 is 0 Å². The first-order valence-corrected chi connectivity index (χ1v) is 10.9. The number of fused-ring (bicyclic) bond motifs is 5. The number of nitriles is 1. The molecule has 0 heterocycles. The summed E-state index contributed by atoms with van der Waals surface area (Å²) in [6.07, 6.45) is 13.9. The monoisotopic (exact) mass is 383 g/mol. The van der Waals surface area contributed by atoms with Crippen LogP contribution in [0, 0.1) is 58.2 Å². The van der Waals surface area contributed by atoms with Crippen LogP contribution in [0.2, 0.25) is 0 Å². The van der Waals surface area contributed by atoms with E-state index in [1.165, 1.54) is 6.92 Å². The molecule has 1 N–H and O–H groups in total. The van der Waals surface area contributed by atoms with Crippen LogP contribution in [-0.2, 0) is 9.53 Å². The topological polar surface area (TPSA) is 70.3 Å². The first kappa shape index (κ1) is 19.8. The zero-order valence-electron chi connectivity index (χ0n) is 17.5. The molecule has 0 bridgehead atoms. The first-order chi connectivity index (χ1) is 13.1. The van der Waals surface area contributed by atoms with Crippen molar-refractivity contribution in [3.05, 3.63) is 0 Å². The van der Waals surface area contributed by atoms with E-state index in [1.54, 1.807) is 0 Å². The number of carbonyl (C=O) groups is 1. The molecule has 0 aliphatic heterocycles. The molecule has 4 aliphatic rings. The molecule has 4 fully saturated rings. The van der Waals surface area contributed by atoms with Crippen molar-refractivity contribution in [2.45, 2.75) is 89.8 Å². The normalized spacial score (nSPS) is 52.4. The van der Waals surface area contributed by atoms with E-state index in [0.29, 0.717) is 36.5 Å². The van der Waals surface area contributed by atoms with Crippen LogP contribution in [0.1, 0.15) is 78.6 Å². The van der Waals surface area contributed by atoms with E-state index in [-0.39, 0.29) is 16.8 Å². The average Bonchev–Trinajstić information content (AvgIpc) is 2.95. The van der Waals surface area contributed by atoms with Crippen LogP contribution in [0.3, 0.4) is 0 Å². The maximum atomic E-state index is 11.8. The number of hydrogen-bond acceptors (Lipinski definition) is 4. The van der Waals surface area contributed by atoms with Gasteiger partial charge >= 0.3 is 5.97 Å². The van der Waals surface area contributed by atoms with E-state index < -0.39 is 11.2 Å². The number of nitrogens with zero attached hydrogens (tertiary/aromatic N) is 1. The largest absolute Gasteiger partial charge is 0.443 e. The Bertz CT molecular complexity index is 765. The van der Waals surface area contributed by atoms with Crippen molar-refractivity contribution < 1.29 is 14.6 Å². The molecule has 0 aromatic carbocycles. The van der Waals surface area contributed by atoms with Gasteiger partial charge in [0, 0.05) is 18.8 Å². The van der Waals surface area contributed by atoms with Crippen LogP contribution >= 0.6 is 0 Å². The summed E-state index contributed by atoms with van der Waals surface area (Å²) in [5, 5.41) is 20.7. The predicted octanol–water partition coefficient (Wildman–Crippen LogP) is 4.22. The Labute approximate surface area is 169 Å². The highest BCUT2D eigenvalue weighted by Crippen LogP contribution is 2.69. The number of ether oxygens (including phenoxy) is 1. The summed E-state index contributed by atoms with van der Waals surface area (Å²) in [5.41, 5.74) is -1.94. The second kappa shape index (κ2) is 6.24. The number of esters is 1. The molecule has 0 amide bonds. The van der Waals surface area contributed by atoms with Gasteiger partial charge < -0.3 is 9.84 Å². The first-order valence-electron chi connectivity index (χ1n) is 10.9. The quantitative estimate of drug-likeness (QED) is 0.544. The van der Waals surface area contributed by atoms with Gasteiger partial charge in [-0.1, -0.05) is 19.8 Å². The summed E-state index contributed by atoms with van der Waals surface area (Å²) in [4.78, 5) is 11.8. The van der Waals surface area contributed by atoms with E-state index in [1.807, 2.05) is 0 Å². The molecule has 4 aliphatic carbocycles. The SMILES string of the molecule is C#C[C@@]1(O)CC[C@]2(C)C3CC[C@@]4(C)C(CC[C@]4(C#N)OC(C)=O)C3CC[C@H]2C1. The van der Waals surface area contributed by atoms with Gasteiger partial charge in [-0.2, -0.15) is 5.26 Å². The molecule has 4 nitrogen and oxygen atoms in total. The number of hydrogen-bond donors (Lipinski definition) is 1. The lowest BCUT2D eigenvalue weighted by atomic mass is 9.43. The summed E-state index contributed by atoms with van der Waals surface area (Å²) < 4.78 is 5.72. The van der Waals surface area contributed by atoms with E-state index in [2.05, 4.69) is 25.8 Å². The molecule has 28 heavy (non-hydrogen) atoms. The second-order valence-electron chi connectivity index (χ2n) is 10.6. The predicted molar refractivity (Wildman–Crippen MR) is 106 cm³/mol. The third-order valence-electron chi connectivity index (χ3n) is 9.61. The molecule has 0 radical (unpaired) electrons. The Kier molecular flexibility index (Phi) is 4.41. The maximum absolute atomic E-state index is 11.8. The zero-order valence-corrected chi connectivity index (χ0v) is 17.5. The molecule has 0 saturated heterocycles. The van der Waals surface area contributed by atoms with E-state index in [0.717, 1.165) is 44.9 Å². The van der Waals surface area contributed by atoms with Gasteiger partial charge in [0.1, 0.15) is 11.7 Å². The summed E-state index contributed by atoms with van der Waals surface area (Å²) in [6.45, 7) is 6.04. The highest BCUT2D eigenvalue weighted by atomic mass is 16.6. The highest BCUT2D eigenvalue weighted by molar-refractivity contribution is 5.67. The van der Waals surface area contributed by atoms with Crippen LogP contribution in [0.5, 0.6) is 0 Å². The summed E-state index contributed by atoms with van der Waals surface area (Å²) in [7, 11) is 0. The smallest absolute Gasteiger partial charge is 0.304 e. The fourth-order valence-corrected chi connectivity index (χ4v) is 7.99. The third-order valence-corrected chi connectivity index (χ3v) is 9.61. The molecule has 4 saturated carbocycles. The van der Waals surface area contributed by atoms with Crippen molar-refractivity contribution in [2.24, 2.45) is 34.5 Å². The molecule has 4 heteroatoms. The highest BCUT2D eigenvalue weighted by Gasteiger charge is 2.67. The van der Waals surface area contributed by atoms with Crippen molar-refractivity contribution in [3.63, 3.8) is 0 Å². The Morgan fingerprint density at radius 2 is 1.82 bits per heavy atom. The molecule has 3 unspecified atom stereocenters. The molecule has 4 rings (SSSR count). The van der Waals surface area contributed by atoms with Crippen LogP contribution in [0.25, 0.3) is 0 Å². The Balaban J connectivity index is 1.63. The summed E-state index contributed by atoms with van der Waals surface area (Å²) in [6, 6.07) is 2.43. The van der Waals surface area contributed by atoms with Crippen LogP contribution in [-0.4, -0.2) is 22.3 Å². The fraction of sp³-hybridized carbons (Fsp3) is 0.833. The maximum Gasteiger partial charge on any atom is 0.304 e. The van der Waals surface area contributed by atoms with Crippen molar-refractivity contribution in [2.75, 3.05) is 0 Å². The molecule has 0 aromatic rings. The van der Waals surface area contributed by atoms with Gasteiger partial charge in [0.15, 0.2) is 0 Å². The third kappa shape index (κ3) is 2.50. The zero-order chi connectivity index (χ0) is 20.4. The molecule has 8 atom stereocenters. The Morgan fingerprint density at radius 1 is 1.11 bits per heavy atom. The van der Waals surface area contributed by atoms with Gasteiger partial charge in [0.25, 0.3) is 0 Å². The van der Waals surface area contributed by atoms with Gasteiger partial charge in [-0.25, -0.2) is 0 Å². The van der Waals surface area contributed by atoms with Crippen molar-refractivity contribution in [1.82, 2.24) is 0 Å². The van der Waals surface area contributed by atoms with Gasteiger partial charge in [0.05, 0.1) is 0 Å². The standard InChI is InChI=1S/C24H33NO3/c1-5-23(27)13-12-21(3)17(14-23)6-7-18-19(21)8-10-22(4)20(18)9-11-24(22,15-25)28-16(2)26/h1,17-20,27H,6-14H2,2-4H3/t17-,18?,19?,20?,21-,22-,23+,24+/m0/s1. The van der Waals surface area contributed by atoms with Crippen LogP contribution in [0.15, 0.2) is 0 Å². The van der Waals surface area contributed by atoms with E-state index in [9.17, 15) is 15.2 Å². The minimum Gasteiger partial charge on any atom is -0.443 e. The number of aliphatic hydroxyl groups is 1. The minimum atomic E-state index is -0.970. The lowest BCUT2D eigenvalue weighted by Gasteiger charge is -2.61. The second-order valence-corrected chi connectivity index (χ2v) is 10.6. The van der Waals surface area contributed by atoms with Gasteiger partial charge in [0.2, 0.25) is 5.60 Å². The van der Waals surface area contributed by atoms with Gasteiger partial charge in [-0.15, -0.1) is 6.42 Å². The van der Waals surface area contributed by atoms with Gasteiger partial charge in [-0.3, -0.25) is 4.79 Å². The average molecular weight is 384 g/mol. The lowest BCUT2D eigenvalue weighted by Crippen LogP contribution is -2.58. The number of terminal acetylenes is 1. The lowest BCUT2D eigenvalue weighted by molar-refractivity contribution is -0.178. The number of rotatable bonds is 1. The van der Waals surface area contributed by atoms with Gasteiger partial charge in [-0.05, 0) is 80.5 Å². The molecule has 0 spiro atoms. The summed E-state index contributed by atoms with van der Waals surface area (Å²) >= 11 is 0. The van der Waals surface area contributed by atoms with Crippen molar-refractivity contribution >= 4 is 5.97 Å². The molecule has 0 aromatic heterocycles. The molecular formula is C24H33NO3. The van der Waals surface area contributed by atoms with Crippen LogP contribution in [0.4, 0.5) is 0 Å².